The Hall–Kier alpha value is -1.06. The van der Waals surface area contributed by atoms with E-state index in [1.807, 2.05) is 12.1 Å². The Labute approximate surface area is 116 Å². The van der Waals surface area contributed by atoms with Crippen LogP contribution in [-0.4, -0.2) is 38.2 Å². The zero-order valence-corrected chi connectivity index (χ0v) is 12.0. The Balaban J connectivity index is 1.71. The van der Waals surface area contributed by atoms with Crippen LogP contribution >= 0.6 is 0 Å². The molecule has 0 bridgehead atoms. The second-order valence-corrected chi connectivity index (χ2v) is 5.46. The zero-order chi connectivity index (χ0) is 13.5. The molecule has 19 heavy (non-hydrogen) atoms. The molecular weight excluding hydrogens is 236 g/mol. The first-order chi connectivity index (χ1) is 9.31. The van der Waals surface area contributed by atoms with E-state index in [1.165, 1.54) is 44.5 Å². The predicted octanol–water partition coefficient (Wildman–Crippen LogP) is 2.30. The van der Waals surface area contributed by atoms with Crippen LogP contribution in [0.2, 0.25) is 0 Å². The van der Waals surface area contributed by atoms with Crippen LogP contribution < -0.4 is 10.5 Å². The summed E-state index contributed by atoms with van der Waals surface area (Å²) in [5, 5.41) is 0. The number of rotatable bonds is 6. The lowest BCUT2D eigenvalue weighted by Crippen LogP contribution is -2.35. The minimum Gasteiger partial charge on any atom is -0.497 e. The highest BCUT2D eigenvalue weighted by Crippen LogP contribution is 2.20. The van der Waals surface area contributed by atoms with Crippen LogP contribution in [0.3, 0.4) is 0 Å². The Bertz CT molecular complexity index is 356. The van der Waals surface area contributed by atoms with Crippen molar-refractivity contribution in [1.82, 2.24) is 4.90 Å². The van der Waals surface area contributed by atoms with Gasteiger partial charge in [-0.25, -0.2) is 0 Å². The third-order valence-corrected chi connectivity index (χ3v) is 4.16. The van der Waals surface area contributed by atoms with Crippen LogP contribution in [-0.2, 0) is 6.42 Å². The Morgan fingerprint density at radius 3 is 2.47 bits per heavy atom. The maximum atomic E-state index is 5.63. The molecule has 1 heterocycles. The molecule has 0 amide bonds. The Kier molecular flexibility index (Phi) is 5.67. The van der Waals surface area contributed by atoms with Crippen molar-refractivity contribution >= 4 is 0 Å². The molecule has 1 aliphatic rings. The maximum Gasteiger partial charge on any atom is 0.118 e. The van der Waals surface area contributed by atoms with Gasteiger partial charge in [-0.3, -0.25) is 0 Å². The molecular formula is C16H26N2O. The second-order valence-electron chi connectivity index (χ2n) is 5.46. The van der Waals surface area contributed by atoms with Crippen molar-refractivity contribution < 1.29 is 4.74 Å². The molecule has 0 unspecified atom stereocenters. The van der Waals surface area contributed by atoms with Gasteiger partial charge in [0.2, 0.25) is 0 Å². The van der Waals surface area contributed by atoms with Crippen molar-refractivity contribution in [3.8, 4) is 5.75 Å². The molecule has 0 aliphatic carbocycles. The lowest BCUT2D eigenvalue weighted by Gasteiger charge is -2.31. The van der Waals surface area contributed by atoms with Crippen molar-refractivity contribution in [3.05, 3.63) is 29.8 Å². The first kappa shape index (κ1) is 14.4. The van der Waals surface area contributed by atoms with Gasteiger partial charge in [-0.2, -0.15) is 0 Å². The zero-order valence-electron chi connectivity index (χ0n) is 12.0. The van der Waals surface area contributed by atoms with E-state index in [9.17, 15) is 0 Å². The first-order valence-corrected chi connectivity index (χ1v) is 7.37. The number of likely N-dealkylation sites (tertiary alicyclic amines) is 1. The molecule has 2 N–H and O–H groups in total. The van der Waals surface area contributed by atoms with Gasteiger partial charge in [0.05, 0.1) is 7.11 Å². The molecule has 1 fully saturated rings. The normalized spacial score (nSPS) is 17.6. The number of nitrogens with zero attached hydrogens (tertiary/aromatic N) is 1. The van der Waals surface area contributed by atoms with E-state index in [0.29, 0.717) is 0 Å². The van der Waals surface area contributed by atoms with E-state index >= 15 is 0 Å². The lowest BCUT2D eigenvalue weighted by atomic mass is 9.93. The number of ether oxygens (including phenoxy) is 1. The number of hydrogen-bond acceptors (Lipinski definition) is 3. The largest absolute Gasteiger partial charge is 0.497 e. The molecule has 0 radical (unpaired) electrons. The van der Waals surface area contributed by atoms with E-state index in [4.69, 9.17) is 10.5 Å². The van der Waals surface area contributed by atoms with Gasteiger partial charge in [0, 0.05) is 6.54 Å². The Morgan fingerprint density at radius 1 is 1.21 bits per heavy atom. The van der Waals surface area contributed by atoms with E-state index in [0.717, 1.165) is 24.6 Å². The second kappa shape index (κ2) is 7.51. The van der Waals surface area contributed by atoms with Gasteiger partial charge in [-0.1, -0.05) is 12.1 Å². The highest BCUT2D eigenvalue weighted by Gasteiger charge is 2.17. The summed E-state index contributed by atoms with van der Waals surface area (Å²) >= 11 is 0. The highest BCUT2D eigenvalue weighted by molar-refractivity contribution is 5.27. The molecule has 0 spiro atoms. The maximum absolute atomic E-state index is 5.63. The minimum atomic E-state index is 0.844. The standard InChI is InChI=1S/C16H26N2O/c1-19-16-4-2-14(3-5-16)7-11-18-12-8-15(6-10-17)9-13-18/h2-5,15H,6-13,17H2,1H3. The summed E-state index contributed by atoms with van der Waals surface area (Å²) in [5.74, 6) is 1.80. The topological polar surface area (TPSA) is 38.5 Å². The van der Waals surface area contributed by atoms with E-state index in [-0.39, 0.29) is 0 Å². The van der Waals surface area contributed by atoms with Crippen LogP contribution in [0.1, 0.15) is 24.8 Å². The van der Waals surface area contributed by atoms with Gasteiger partial charge in [-0.05, 0) is 68.9 Å². The summed E-state index contributed by atoms with van der Waals surface area (Å²) in [7, 11) is 1.71. The van der Waals surface area contributed by atoms with Crippen LogP contribution in [0, 0.1) is 5.92 Å². The lowest BCUT2D eigenvalue weighted by molar-refractivity contribution is 0.182. The molecule has 3 heteroatoms. The number of piperidine rings is 1. The fourth-order valence-corrected chi connectivity index (χ4v) is 2.81. The van der Waals surface area contributed by atoms with Crippen LogP contribution in [0.25, 0.3) is 0 Å². The van der Waals surface area contributed by atoms with Crippen LogP contribution in [0.15, 0.2) is 24.3 Å². The van der Waals surface area contributed by atoms with Gasteiger partial charge < -0.3 is 15.4 Å². The number of nitrogens with two attached hydrogens (primary N) is 1. The van der Waals surface area contributed by atoms with Crippen molar-refractivity contribution in [1.29, 1.82) is 0 Å². The third kappa shape index (κ3) is 4.51. The summed E-state index contributed by atoms with van der Waals surface area (Å²) < 4.78 is 5.18. The molecule has 0 aromatic heterocycles. The molecule has 1 saturated heterocycles. The fraction of sp³-hybridized carbons (Fsp3) is 0.625. The molecule has 1 aromatic carbocycles. The van der Waals surface area contributed by atoms with E-state index < -0.39 is 0 Å². The molecule has 1 aromatic rings. The van der Waals surface area contributed by atoms with E-state index in [2.05, 4.69) is 17.0 Å². The average Bonchev–Trinajstić information content (AvgIpc) is 2.47. The molecule has 106 valence electrons. The van der Waals surface area contributed by atoms with Gasteiger partial charge in [0.1, 0.15) is 5.75 Å². The van der Waals surface area contributed by atoms with Crippen LogP contribution in [0.4, 0.5) is 0 Å². The average molecular weight is 262 g/mol. The van der Waals surface area contributed by atoms with Gasteiger partial charge in [-0.15, -0.1) is 0 Å². The molecule has 0 atom stereocenters. The van der Waals surface area contributed by atoms with Crippen molar-refractivity contribution in [2.45, 2.75) is 25.7 Å². The molecule has 1 aliphatic heterocycles. The summed E-state index contributed by atoms with van der Waals surface area (Å²) in [6.07, 6.45) is 4.97. The van der Waals surface area contributed by atoms with Crippen molar-refractivity contribution in [2.24, 2.45) is 11.7 Å². The fourth-order valence-electron chi connectivity index (χ4n) is 2.81. The summed E-state index contributed by atoms with van der Waals surface area (Å²) in [4.78, 5) is 2.58. The monoisotopic (exact) mass is 262 g/mol. The third-order valence-electron chi connectivity index (χ3n) is 4.16. The highest BCUT2D eigenvalue weighted by atomic mass is 16.5. The van der Waals surface area contributed by atoms with Gasteiger partial charge in [0.25, 0.3) is 0 Å². The summed E-state index contributed by atoms with van der Waals surface area (Å²) in [6, 6.07) is 8.42. The van der Waals surface area contributed by atoms with Gasteiger partial charge in [0.15, 0.2) is 0 Å². The van der Waals surface area contributed by atoms with Crippen LogP contribution in [0.5, 0.6) is 5.75 Å². The molecule has 3 nitrogen and oxygen atoms in total. The number of hydrogen-bond donors (Lipinski definition) is 1. The number of benzene rings is 1. The predicted molar refractivity (Wildman–Crippen MR) is 79.5 cm³/mol. The SMILES string of the molecule is COc1ccc(CCN2CCC(CCN)CC2)cc1. The van der Waals surface area contributed by atoms with Crippen molar-refractivity contribution in [3.63, 3.8) is 0 Å². The molecule has 2 rings (SSSR count). The van der Waals surface area contributed by atoms with Gasteiger partial charge >= 0.3 is 0 Å². The number of methoxy groups -OCH3 is 1. The first-order valence-electron chi connectivity index (χ1n) is 7.37. The summed E-state index contributed by atoms with van der Waals surface area (Å²) in [6.45, 7) is 4.49. The van der Waals surface area contributed by atoms with Crippen molar-refractivity contribution in [2.75, 3.05) is 33.3 Å². The summed E-state index contributed by atoms with van der Waals surface area (Å²) in [5.41, 5.74) is 7.02. The molecule has 0 saturated carbocycles. The smallest absolute Gasteiger partial charge is 0.118 e. The quantitative estimate of drug-likeness (QED) is 0.855. The minimum absolute atomic E-state index is 0.844. The Morgan fingerprint density at radius 2 is 1.89 bits per heavy atom. The van der Waals surface area contributed by atoms with E-state index in [1.54, 1.807) is 7.11 Å².